The minimum Gasteiger partial charge on any atom is -0.377 e. The Morgan fingerprint density at radius 2 is 1.78 bits per heavy atom. The fourth-order valence-corrected chi connectivity index (χ4v) is 2.19. The number of nitrogens with one attached hydrogen (secondary N) is 1. The first-order valence-corrected chi connectivity index (χ1v) is 6.99. The number of benzene rings is 1. The third-order valence-corrected chi connectivity index (χ3v) is 3.25. The van der Waals surface area contributed by atoms with Crippen LogP contribution in [0.5, 0.6) is 0 Å². The van der Waals surface area contributed by atoms with Crippen LogP contribution in [-0.2, 0) is 4.74 Å². The van der Waals surface area contributed by atoms with E-state index in [-0.39, 0.29) is 12.1 Å². The van der Waals surface area contributed by atoms with Crippen LogP contribution in [0, 0.1) is 5.92 Å². The van der Waals surface area contributed by atoms with Gasteiger partial charge in [0, 0.05) is 6.61 Å². The molecule has 1 aromatic carbocycles. The zero-order valence-corrected chi connectivity index (χ0v) is 12.1. The molecule has 0 amide bonds. The van der Waals surface area contributed by atoms with Gasteiger partial charge in [0.25, 0.3) is 0 Å². The van der Waals surface area contributed by atoms with E-state index in [9.17, 15) is 0 Å². The summed E-state index contributed by atoms with van der Waals surface area (Å²) < 4.78 is 5.94. The van der Waals surface area contributed by atoms with E-state index < -0.39 is 0 Å². The van der Waals surface area contributed by atoms with Crippen LogP contribution in [0.1, 0.15) is 45.2 Å². The van der Waals surface area contributed by atoms with E-state index in [4.69, 9.17) is 4.74 Å². The lowest BCUT2D eigenvalue weighted by Crippen LogP contribution is -2.29. The van der Waals surface area contributed by atoms with Crippen LogP contribution in [0.3, 0.4) is 0 Å². The van der Waals surface area contributed by atoms with E-state index in [1.807, 2.05) is 13.1 Å². The van der Waals surface area contributed by atoms with Crippen molar-refractivity contribution in [2.45, 2.75) is 45.8 Å². The second-order valence-corrected chi connectivity index (χ2v) is 5.29. The van der Waals surface area contributed by atoms with Crippen molar-refractivity contribution in [2.75, 3.05) is 13.7 Å². The second kappa shape index (κ2) is 8.28. The highest BCUT2D eigenvalue weighted by Crippen LogP contribution is 2.19. The molecule has 0 heterocycles. The molecule has 2 nitrogen and oxygen atoms in total. The molecule has 0 aliphatic rings. The summed E-state index contributed by atoms with van der Waals surface area (Å²) in [5.74, 6) is 0.762. The van der Waals surface area contributed by atoms with Gasteiger partial charge in [-0.15, -0.1) is 0 Å². The SMILES string of the molecule is CNC(c1ccccc1)C(C)OCCCC(C)C. The van der Waals surface area contributed by atoms with E-state index in [2.05, 4.69) is 50.4 Å². The molecule has 2 atom stereocenters. The number of hydrogen-bond donors (Lipinski definition) is 1. The van der Waals surface area contributed by atoms with Crippen molar-refractivity contribution in [1.82, 2.24) is 5.32 Å². The summed E-state index contributed by atoms with van der Waals surface area (Å²) in [5, 5.41) is 3.34. The first-order valence-electron chi connectivity index (χ1n) is 6.99. The van der Waals surface area contributed by atoms with Gasteiger partial charge in [0.05, 0.1) is 12.1 Å². The molecule has 2 unspecified atom stereocenters. The molecule has 0 aromatic heterocycles. The molecule has 0 saturated carbocycles. The highest BCUT2D eigenvalue weighted by molar-refractivity contribution is 5.19. The maximum Gasteiger partial charge on any atom is 0.0741 e. The van der Waals surface area contributed by atoms with Gasteiger partial charge in [-0.05, 0) is 38.3 Å². The fraction of sp³-hybridized carbons (Fsp3) is 0.625. The Kier molecular flexibility index (Phi) is 6.99. The van der Waals surface area contributed by atoms with Crippen molar-refractivity contribution in [3.8, 4) is 0 Å². The van der Waals surface area contributed by atoms with Gasteiger partial charge in [-0.1, -0.05) is 44.2 Å². The van der Waals surface area contributed by atoms with Gasteiger partial charge < -0.3 is 10.1 Å². The smallest absolute Gasteiger partial charge is 0.0741 e. The van der Waals surface area contributed by atoms with E-state index >= 15 is 0 Å². The summed E-state index contributed by atoms with van der Waals surface area (Å²) >= 11 is 0. The molecule has 1 rings (SSSR count). The first kappa shape index (κ1) is 15.2. The molecule has 1 N–H and O–H groups in total. The summed E-state index contributed by atoms with van der Waals surface area (Å²) in [7, 11) is 1.99. The average Bonchev–Trinajstić information content (AvgIpc) is 2.36. The molecule has 102 valence electrons. The summed E-state index contributed by atoms with van der Waals surface area (Å²) in [6, 6.07) is 10.8. The molecule has 0 spiro atoms. The lowest BCUT2D eigenvalue weighted by molar-refractivity contribution is 0.0370. The summed E-state index contributed by atoms with van der Waals surface area (Å²) in [6.07, 6.45) is 2.58. The maximum atomic E-state index is 5.94. The van der Waals surface area contributed by atoms with E-state index in [1.165, 1.54) is 12.0 Å². The number of rotatable bonds is 8. The predicted octanol–water partition coefficient (Wildman–Crippen LogP) is 3.79. The quantitative estimate of drug-likeness (QED) is 0.708. The Bertz CT molecular complexity index is 310. The topological polar surface area (TPSA) is 21.3 Å². The highest BCUT2D eigenvalue weighted by Gasteiger charge is 2.17. The molecule has 0 radical (unpaired) electrons. The number of hydrogen-bond acceptors (Lipinski definition) is 2. The zero-order valence-electron chi connectivity index (χ0n) is 12.1. The molecule has 0 saturated heterocycles. The van der Waals surface area contributed by atoms with Crippen LogP contribution in [0.2, 0.25) is 0 Å². The molecule has 2 heteroatoms. The van der Waals surface area contributed by atoms with Gasteiger partial charge in [0.15, 0.2) is 0 Å². The summed E-state index contributed by atoms with van der Waals surface area (Å²) in [5.41, 5.74) is 1.29. The van der Waals surface area contributed by atoms with Gasteiger partial charge in [-0.25, -0.2) is 0 Å². The van der Waals surface area contributed by atoms with Crippen LogP contribution in [0.4, 0.5) is 0 Å². The average molecular weight is 249 g/mol. The first-order chi connectivity index (χ1) is 8.65. The molecule has 1 aromatic rings. The molecular formula is C16H27NO. The van der Waals surface area contributed by atoms with Crippen LogP contribution in [0.25, 0.3) is 0 Å². The Morgan fingerprint density at radius 1 is 1.11 bits per heavy atom. The minimum atomic E-state index is 0.199. The minimum absolute atomic E-state index is 0.199. The standard InChI is InChI=1S/C16H27NO/c1-13(2)9-8-12-18-14(3)16(17-4)15-10-6-5-7-11-15/h5-7,10-11,13-14,16-17H,8-9,12H2,1-4H3. The molecular weight excluding hydrogens is 222 g/mol. The third kappa shape index (κ3) is 5.19. The van der Waals surface area contributed by atoms with Crippen molar-refractivity contribution in [1.29, 1.82) is 0 Å². The third-order valence-electron chi connectivity index (χ3n) is 3.25. The Balaban J connectivity index is 2.41. The maximum absolute atomic E-state index is 5.94. The lowest BCUT2D eigenvalue weighted by Gasteiger charge is -2.24. The van der Waals surface area contributed by atoms with Crippen molar-refractivity contribution in [3.63, 3.8) is 0 Å². The molecule has 0 aliphatic heterocycles. The van der Waals surface area contributed by atoms with Crippen molar-refractivity contribution in [2.24, 2.45) is 5.92 Å². The molecule has 0 bridgehead atoms. The van der Waals surface area contributed by atoms with Crippen LogP contribution >= 0.6 is 0 Å². The van der Waals surface area contributed by atoms with Crippen LogP contribution in [0.15, 0.2) is 30.3 Å². The predicted molar refractivity (Wildman–Crippen MR) is 77.7 cm³/mol. The summed E-state index contributed by atoms with van der Waals surface area (Å²) in [6.45, 7) is 7.50. The van der Waals surface area contributed by atoms with Crippen molar-refractivity contribution < 1.29 is 4.74 Å². The zero-order chi connectivity index (χ0) is 13.4. The highest BCUT2D eigenvalue weighted by atomic mass is 16.5. The second-order valence-electron chi connectivity index (χ2n) is 5.29. The van der Waals surface area contributed by atoms with Gasteiger partial charge in [-0.3, -0.25) is 0 Å². The number of ether oxygens (including phenoxy) is 1. The molecule has 18 heavy (non-hydrogen) atoms. The fourth-order valence-electron chi connectivity index (χ4n) is 2.19. The van der Waals surface area contributed by atoms with Gasteiger partial charge in [0.1, 0.15) is 0 Å². The monoisotopic (exact) mass is 249 g/mol. The molecule has 0 fully saturated rings. The van der Waals surface area contributed by atoms with Crippen molar-refractivity contribution >= 4 is 0 Å². The number of likely N-dealkylation sites (N-methyl/N-ethyl adjacent to an activating group) is 1. The molecule has 0 aliphatic carbocycles. The van der Waals surface area contributed by atoms with E-state index in [0.717, 1.165) is 18.9 Å². The Labute approximate surface area is 112 Å². The van der Waals surface area contributed by atoms with E-state index in [0.29, 0.717) is 0 Å². The largest absolute Gasteiger partial charge is 0.377 e. The van der Waals surface area contributed by atoms with Gasteiger partial charge in [0.2, 0.25) is 0 Å². The Hall–Kier alpha value is -0.860. The van der Waals surface area contributed by atoms with Crippen LogP contribution in [-0.4, -0.2) is 19.8 Å². The van der Waals surface area contributed by atoms with Gasteiger partial charge in [-0.2, -0.15) is 0 Å². The van der Waals surface area contributed by atoms with E-state index in [1.54, 1.807) is 0 Å². The summed E-state index contributed by atoms with van der Waals surface area (Å²) in [4.78, 5) is 0. The lowest BCUT2D eigenvalue weighted by atomic mass is 10.0. The van der Waals surface area contributed by atoms with Crippen LogP contribution < -0.4 is 5.32 Å². The normalized spacial score (nSPS) is 14.7. The van der Waals surface area contributed by atoms with Gasteiger partial charge >= 0.3 is 0 Å². The Morgan fingerprint density at radius 3 is 2.33 bits per heavy atom. The van der Waals surface area contributed by atoms with Crippen molar-refractivity contribution in [3.05, 3.63) is 35.9 Å².